The van der Waals surface area contributed by atoms with Gasteiger partial charge >= 0.3 is 5.97 Å². The number of hydrogen-bond acceptors (Lipinski definition) is 4. The van der Waals surface area contributed by atoms with E-state index >= 15 is 0 Å². The van der Waals surface area contributed by atoms with Crippen LogP contribution in [-0.2, 0) is 4.79 Å². The van der Waals surface area contributed by atoms with E-state index in [-0.39, 0.29) is 19.3 Å². The Morgan fingerprint density at radius 1 is 0.960 bits per heavy atom. The third-order valence-corrected chi connectivity index (χ3v) is 3.85. The minimum Gasteiger partial charge on any atom is -0.481 e. The molecule has 0 rings (SSSR count). The van der Waals surface area contributed by atoms with Crippen LogP contribution in [0.5, 0.6) is 0 Å². The lowest BCUT2D eigenvalue weighted by molar-refractivity contribution is -0.228. The molecule has 0 saturated heterocycles. The van der Waals surface area contributed by atoms with Gasteiger partial charge in [-0.3, -0.25) is 4.79 Å². The number of carbonyl (C=O) groups is 1. The summed E-state index contributed by atoms with van der Waals surface area (Å²) in [4.78, 5) is 10.3. The molecule has 4 N–H and O–H groups in total. The molecular formula is C20H34O5. The number of carboxylic acids is 1. The predicted octanol–water partition coefficient (Wildman–Crippen LogP) is 3.70. The standard InChI is InChI=1S/C20H34O5/c1-2-3-14-17-20(24,25)18(21)15-12-10-8-6-4-5-7-9-11-13-16-19(22)23/h4,6-7,9-10,12,18,21,24-25H,2-3,5,8,11,13-17H2,1H3,(H,22,23). The molecule has 0 fully saturated rings. The maximum Gasteiger partial charge on any atom is 0.303 e. The molecule has 1 atom stereocenters. The number of aliphatic hydroxyl groups excluding tert-OH is 1. The number of aliphatic hydroxyl groups is 3. The van der Waals surface area contributed by atoms with Crippen molar-refractivity contribution in [1.82, 2.24) is 0 Å². The van der Waals surface area contributed by atoms with Crippen molar-refractivity contribution >= 4 is 5.97 Å². The van der Waals surface area contributed by atoms with Crippen LogP contribution in [0.15, 0.2) is 36.5 Å². The molecule has 0 heterocycles. The fourth-order valence-corrected chi connectivity index (χ4v) is 2.25. The average molecular weight is 354 g/mol. The third-order valence-electron chi connectivity index (χ3n) is 3.85. The van der Waals surface area contributed by atoms with Gasteiger partial charge in [-0.25, -0.2) is 0 Å². The molecule has 0 aliphatic rings. The van der Waals surface area contributed by atoms with Crippen molar-refractivity contribution in [2.24, 2.45) is 0 Å². The summed E-state index contributed by atoms with van der Waals surface area (Å²) in [6.45, 7) is 2.04. The fourth-order valence-electron chi connectivity index (χ4n) is 2.25. The predicted molar refractivity (Wildman–Crippen MR) is 100 cm³/mol. The lowest BCUT2D eigenvalue weighted by Crippen LogP contribution is -2.41. The minimum absolute atomic E-state index is 0.189. The van der Waals surface area contributed by atoms with Crippen molar-refractivity contribution < 1.29 is 25.2 Å². The molecule has 5 nitrogen and oxygen atoms in total. The number of hydrogen-bond donors (Lipinski definition) is 4. The summed E-state index contributed by atoms with van der Waals surface area (Å²) in [6, 6.07) is 0. The monoisotopic (exact) mass is 354 g/mol. The Balaban J connectivity index is 3.79. The van der Waals surface area contributed by atoms with Gasteiger partial charge in [-0.05, 0) is 38.5 Å². The summed E-state index contributed by atoms with van der Waals surface area (Å²) in [5.41, 5.74) is 0. The van der Waals surface area contributed by atoms with Crippen LogP contribution in [0.25, 0.3) is 0 Å². The Morgan fingerprint density at radius 2 is 1.56 bits per heavy atom. The Bertz CT molecular complexity index is 424. The van der Waals surface area contributed by atoms with Crippen LogP contribution in [0.1, 0.15) is 71.1 Å². The summed E-state index contributed by atoms with van der Waals surface area (Å²) in [7, 11) is 0. The lowest BCUT2D eigenvalue weighted by atomic mass is 9.99. The number of allylic oxidation sites excluding steroid dienone is 5. The second-order valence-corrected chi connectivity index (χ2v) is 6.26. The van der Waals surface area contributed by atoms with E-state index in [2.05, 4.69) is 0 Å². The molecule has 0 aromatic heterocycles. The molecule has 0 aromatic rings. The van der Waals surface area contributed by atoms with E-state index in [4.69, 9.17) is 5.11 Å². The third kappa shape index (κ3) is 14.6. The number of aliphatic carboxylic acids is 1. The topological polar surface area (TPSA) is 98.0 Å². The first kappa shape index (κ1) is 23.6. The van der Waals surface area contributed by atoms with E-state index in [1.165, 1.54) is 0 Å². The van der Waals surface area contributed by atoms with Gasteiger partial charge in [0.1, 0.15) is 6.10 Å². The molecule has 0 amide bonds. The van der Waals surface area contributed by atoms with Gasteiger partial charge in [-0.1, -0.05) is 56.2 Å². The number of carboxylic acid groups (broad SMARTS) is 1. The van der Waals surface area contributed by atoms with Crippen molar-refractivity contribution in [2.75, 3.05) is 0 Å². The SMILES string of the molecule is CCCCCC(O)(O)C(O)CC=CCC=CCC=CCCCC(=O)O. The second kappa shape index (κ2) is 14.9. The summed E-state index contributed by atoms with van der Waals surface area (Å²) >= 11 is 0. The molecule has 0 spiro atoms. The molecule has 0 aromatic carbocycles. The zero-order chi connectivity index (χ0) is 19.0. The van der Waals surface area contributed by atoms with Crippen molar-refractivity contribution in [1.29, 1.82) is 0 Å². The van der Waals surface area contributed by atoms with Crippen LogP contribution >= 0.6 is 0 Å². The number of rotatable bonds is 15. The highest BCUT2D eigenvalue weighted by Crippen LogP contribution is 2.19. The molecule has 0 bridgehead atoms. The molecule has 0 saturated carbocycles. The van der Waals surface area contributed by atoms with E-state index in [0.29, 0.717) is 12.8 Å². The average Bonchev–Trinajstić information content (AvgIpc) is 2.55. The highest BCUT2D eigenvalue weighted by molar-refractivity contribution is 5.66. The molecule has 0 aliphatic carbocycles. The Hall–Kier alpha value is -1.43. The zero-order valence-corrected chi connectivity index (χ0v) is 15.3. The van der Waals surface area contributed by atoms with Gasteiger partial charge in [0.15, 0.2) is 5.79 Å². The van der Waals surface area contributed by atoms with Crippen LogP contribution in [0.2, 0.25) is 0 Å². The zero-order valence-electron chi connectivity index (χ0n) is 15.3. The molecule has 5 heteroatoms. The van der Waals surface area contributed by atoms with Gasteiger partial charge in [0.25, 0.3) is 0 Å². The maximum atomic E-state index is 10.3. The highest BCUT2D eigenvalue weighted by atomic mass is 16.5. The molecule has 0 radical (unpaired) electrons. The quantitative estimate of drug-likeness (QED) is 0.204. The normalized spacial score (nSPS) is 14.1. The lowest BCUT2D eigenvalue weighted by Gasteiger charge is -2.26. The first-order valence-corrected chi connectivity index (χ1v) is 9.19. The Labute approximate surface area is 151 Å². The summed E-state index contributed by atoms with van der Waals surface area (Å²) in [5.74, 6) is -2.77. The molecule has 144 valence electrons. The van der Waals surface area contributed by atoms with Gasteiger partial charge < -0.3 is 20.4 Å². The molecule has 0 aliphatic heterocycles. The van der Waals surface area contributed by atoms with Crippen LogP contribution in [0.3, 0.4) is 0 Å². The Morgan fingerprint density at radius 3 is 2.16 bits per heavy atom. The van der Waals surface area contributed by atoms with Gasteiger partial charge in [0.05, 0.1) is 0 Å². The van der Waals surface area contributed by atoms with Gasteiger partial charge in [0, 0.05) is 12.8 Å². The van der Waals surface area contributed by atoms with Crippen molar-refractivity contribution in [2.45, 2.75) is 83.0 Å². The van der Waals surface area contributed by atoms with Crippen molar-refractivity contribution in [3.05, 3.63) is 36.5 Å². The smallest absolute Gasteiger partial charge is 0.303 e. The molecule has 25 heavy (non-hydrogen) atoms. The van der Waals surface area contributed by atoms with Gasteiger partial charge in [0.2, 0.25) is 0 Å². The van der Waals surface area contributed by atoms with Crippen LogP contribution in [-0.4, -0.2) is 38.3 Å². The summed E-state index contributed by atoms with van der Waals surface area (Å²) in [6.07, 6.45) is 16.7. The van der Waals surface area contributed by atoms with Crippen LogP contribution in [0.4, 0.5) is 0 Å². The first-order valence-electron chi connectivity index (χ1n) is 9.19. The van der Waals surface area contributed by atoms with E-state index in [9.17, 15) is 20.1 Å². The molecule has 1 unspecified atom stereocenters. The Kier molecular flexibility index (Phi) is 14.0. The maximum absolute atomic E-state index is 10.3. The van der Waals surface area contributed by atoms with Gasteiger partial charge in [-0.15, -0.1) is 0 Å². The van der Waals surface area contributed by atoms with E-state index in [0.717, 1.165) is 32.1 Å². The minimum atomic E-state index is -2.01. The van der Waals surface area contributed by atoms with Crippen molar-refractivity contribution in [3.63, 3.8) is 0 Å². The number of unbranched alkanes of at least 4 members (excludes halogenated alkanes) is 3. The fraction of sp³-hybridized carbons (Fsp3) is 0.650. The van der Waals surface area contributed by atoms with E-state index < -0.39 is 17.9 Å². The summed E-state index contributed by atoms with van der Waals surface area (Å²) < 4.78 is 0. The first-order chi connectivity index (χ1) is 11.9. The van der Waals surface area contributed by atoms with Crippen LogP contribution < -0.4 is 0 Å². The second-order valence-electron chi connectivity index (χ2n) is 6.26. The van der Waals surface area contributed by atoms with E-state index in [1.54, 1.807) is 6.08 Å². The van der Waals surface area contributed by atoms with Crippen LogP contribution in [0, 0.1) is 0 Å². The van der Waals surface area contributed by atoms with Crippen molar-refractivity contribution in [3.8, 4) is 0 Å². The highest BCUT2D eigenvalue weighted by Gasteiger charge is 2.31. The molecular weight excluding hydrogens is 320 g/mol. The van der Waals surface area contributed by atoms with E-state index in [1.807, 2.05) is 37.3 Å². The largest absolute Gasteiger partial charge is 0.481 e. The van der Waals surface area contributed by atoms with Gasteiger partial charge in [-0.2, -0.15) is 0 Å². The summed E-state index contributed by atoms with van der Waals surface area (Å²) in [5, 5.41) is 38.0.